The van der Waals surface area contributed by atoms with Gasteiger partial charge >= 0.3 is 0 Å². The molecule has 0 atom stereocenters. The number of aryl methyl sites for hydroxylation is 1. The number of rotatable bonds is 1. The Hall–Kier alpha value is -1.48. The molecule has 1 aromatic carbocycles. The minimum Gasteiger partial charge on any atom is -0.464 e. The second-order valence-electron chi connectivity index (χ2n) is 4.31. The molecule has 3 heteroatoms. The van der Waals surface area contributed by atoms with Crippen LogP contribution in [0.15, 0.2) is 28.9 Å². The molecule has 1 aliphatic heterocycles. The van der Waals surface area contributed by atoms with E-state index in [2.05, 4.69) is 29.3 Å². The number of piperazine rings is 1. The lowest BCUT2D eigenvalue weighted by molar-refractivity contribution is 0.590. The van der Waals surface area contributed by atoms with Gasteiger partial charge in [-0.05, 0) is 24.6 Å². The molecule has 0 bridgehead atoms. The Bertz CT molecular complexity index is 498. The average molecular weight is 216 g/mol. The van der Waals surface area contributed by atoms with Crippen molar-refractivity contribution in [2.24, 2.45) is 0 Å². The van der Waals surface area contributed by atoms with Crippen LogP contribution in [0.2, 0.25) is 0 Å². The van der Waals surface area contributed by atoms with Crippen molar-refractivity contribution in [2.75, 3.05) is 31.1 Å². The Morgan fingerprint density at radius 2 is 2.06 bits per heavy atom. The molecule has 0 spiro atoms. The molecule has 84 valence electrons. The molecule has 3 nitrogen and oxygen atoms in total. The number of nitrogens with one attached hydrogen (secondary N) is 1. The first-order chi connectivity index (χ1) is 7.86. The lowest BCUT2D eigenvalue weighted by Crippen LogP contribution is -2.43. The van der Waals surface area contributed by atoms with Crippen LogP contribution in [0, 0.1) is 6.92 Å². The van der Waals surface area contributed by atoms with Crippen LogP contribution in [0.1, 0.15) is 5.56 Å². The van der Waals surface area contributed by atoms with Crippen LogP contribution in [0.25, 0.3) is 11.0 Å². The van der Waals surface area contributed by atoms with Crippen molar-refractivity contribution in [3.63, 3.8) is 0 Å². The topological polar surface area (TPSA) is 28.4 Å². The maximum Gasteiger partial charge on any atom is 0.136 e. The minimum absolute atomic E-state index is 0.994. The summed E-state index contributed by atoms with van der Waals surface area (Å²) in [5.41, 5.74) is 3.53. The van der Waals surface area contributed by atoms with Gasteiger partial charge in [0.1, 0.15) is 5.58 Å². The summed E-state index contributed by atoms with van der Waals surface area (Å²) in [4.78, 5) is 2.43. The van der Waals surface area contributed by atoms with Gasteiger partial charge in [-0.15, -0.1) is 0 Å². The molecule has 0 amide bonds. The molecule has 16 heavy (non-hydrogen) atoms. The van der Waals surface area contributed by atoms with Gasteiger partial charge in [-0.25, -0.2) is 0 Å². The molecule has 1 fully saturated rings. The smallest absolute Gasteiger partial charge is 0.136 e. The Balaban J connectivity index is 2.10. The molecule has 0 radical (unpaired) electrons. The quantitative estimate of drug-likeness (QED) is 0.791. The van der Waals surface area contributed by atoms with E-state index in [1.54, 1.807) is 0 Å². The number of furan rings is 1. The zero-order chi connectivity index (χ0) is 11.0. The van der Waals surface area contributed by atoms with Gasteiger partial charge < -0.3 is 14.6 Å². The van der Waals surface area contributed by atoms with Gasteiger partial charge in [-0.1, -0.05) is 6.07 Å². The van der Waals surface area contributed by atoms with Crippen LogP contribution < -0.4 is 10.2 Å². The highest BCUT2D eigenvalue weighted by molar-refractivity contribution is 5.93. The van der Waals surface area contributed by atoms with E-state index in [0.29, 0.717) is 0 Å². The van der Waals surface area contributed by atoms with E-state index in [1.807, 2.05) is 12.3 Å². The number of fused-ring (bicyclic) bond motifs is 1. The zero-order valence-corrected chi connectivity index (χ0v) is 9.49. The first kappa shape index (κ1) is 9.73. The zero-order valence-electron chi connectivity index (χ0n) is 9.49. The summed E-state index contributed by atoms with van der Waals surface area (Å²) in [5.74, 6) is 0. The Morgan fingerprint density at radius 1 is 1.25 bits per heavy atom. The van der Waals surface area contributed by atoms with Crippen LogP contribution in [-0.4, -0.2) is 26.2 Å². The highest BCUT2D eigenvalue weighted by Gasteiger charge is 2.15. The second-order valence-corrected chi connectivity index (χ2v) is 4.31. The van der Waals surface area contributed by atoms with Crippen LogP contribution in [0.4, 0.5) is 5.69 Å². The van der Waals surface area contributed by atoms with Gasteiger partial charge in [0.25, 0.3) is 0 Å². The normalized spacial score (nSPS) is 16.9. The number of hydrogen-bond donors (Lipinski definition) is 1. The van der Waals surface area contributed by atoms with Gasteiger partial charge in [0.15, 0.2) is 0 Å². The Morgan fingerprint density at radius 3 is 2.88 bits per heavy atom. The van der Waals surface area contributed by atoms with Crippen LogP contribution in [-0.2, 0) is 0 Å². The molecule has 1 aliphatic rings. The van der Waals surface area contributed by atoms with Crippen molar-refractivity contribution in [3.05, 3.63) is 30.0 Å². The van der Waals surface area contributed by atoms with E-state index < -0.39 is 0 Å². The number of nitrogens with zero attached hydrogens (tertiary/aromatic N) is 1. The van der Waals surface area contributed by atoms with E-state index in [0.717, 1.165) is 31.8 Å². The summed E-state index contributed by atoms with van der Waals surface area (Å²) in [6, 6.07) is 6.30. The van der Waals surface area contributed by atoms with E-state index >= 15 is 0 Å². The van der Waals surface area contributed by atoms with Crippen LogP contribution in [0.3, 0.4) is 0 Å². The summed E-state index contributed by atoms with van der Waals surface area (Å²) in [6.07, 6.45) is 1.84. The standard InChI is InChI=1S/C13H16N2O/c1-10-9-16-12-4-2-3-11(13(10)12)15-7-5-14-6-8-15/h2-4,9,14H,5-8H2,1H3. The van der Waals surface area contributed by atoms with Crippen LogP contribution >= 0.6 is 0 Å². The SMILES string of the molecule is Cc1coc2cccc(N3CCNCC3)c12. The number of hydrogen-bond acceptors (Lipinski definition) is 3. The lowest BCUT2D eigenvalue weighted by Gasteiger charge is -2.30. The van der Waals surface area contributed by atoms with E-state index in [1.165, 1.54) is 16.6 Å². The Labute approximate surface area is 95.0 Å². The fraction of sp³-hybridized carbons (Fsp3) is 0.385. The van der Waals surface area contributed by atoms with E-state index in [-0.39, 0.29) is 0 Å². The molecule has 1 aromatic heterocycles. The molecule has 1 saturated heterocycles. The summed E-state index contributed by atoms with van der Waals surface area (Å²) < 4.78 is 5.54. The summed E-state index contributed by atoms with van der Waals surface area (Å²) >= 11 is 0. The molecule has 0 aliphatic carbocycles. The predicted molar refractivity (Wildman–Crippen MR) is 66.0 cm³/mol. The molecule has 2 heterocycles. The number of benzene rings is 1. The fourth-order valence-electron chi connectivity index (χ4n) is 2.39. The third kappa shape index (κ3) is 1.48. The monoisotopic (exact) mass is 216 g/mol. The third-order valence-corrected chi connectivity index (χ3v) is 3.22. The van der Waals surface area contributed by atoms with Gasteiger partial charge in [-0.3, -0.25) is 0 Å². The van der Waals surface area contributed by atoms with E-state index in [4.69, 9.17) is 4.42 Å². The average Bonchev–Trinajstić information content (AvgIpc) is 2.73. The van der Waals surface area contributed by atoms with Crippen molar-refractivity contribution in [1.29, 1.82) is 0 Å². The summed E-state index contributed by atoms with van der Waals surface area (Å²) in [5, 5.41) is 4.64. The first-order valence-corrected chi connectivity index (χ1v) is 5.79. The van der Waals surface area contributed by atoms with Gasteiger partial charge in [0.05, 0.1) is 6.26 Å². The summed E-state index contributed by atoms with van der Waals surface area (Å²) in [6.45, 7) is 6.38. The van der Waals surface area contributed by atoms with Crippen molar-refractivity contribution in [2.45, 2.75) is 6.92 Å². The highest BCUT2D eigenvalue weighted by atomic mass is 16.3. The van der Waals surface area contributed by atoms with Gasteiger partial charge in [-0.2, -0.15) is 0 Å². The first-order valence-electron chi connectivity index (χ1n) is 5.79. The van der Waals surface area contributed by atoms with Gasteiger partial charge in [0.2, 0.25) is 0 Å². The van der Waals surface area contributed by atoms with Crippen molar-refractivity contribution in [1.82, 2.24) is 5.32 Å². The van der Waals surface area contributed by atoms with E-state index in [9.17, 15) is 0 Å². The molecule has 0 saturated carbocycles. The van der Waals surface area contributed by atoms with Gasteiger partial charge in [0, 0.05) is 37.3 Å². The molecular formula is C13H16N2O. The maximum atomic E-state index is 5.54. The molecule has 3 rings (SSSR count). The third-order valence-electron chi connectivity index (χ3n) is 3.22. The lowest BCUT2D eigenvalue weighted by atomic mass is 10.1. The van der Waals surface area contributed by atoms with Crippen molar-refractivity contribution < 1.29 is 4.42 Å². The van der Waals surface area contributed by atoms with Crippen LogP contribution in [0.5, 0.6) is 0 Å². The summed E-state index contributed by atoms with van der Waals surface area (Å²) in [7, 11) is 0. The fourth-order valence-corrected chi connectivity index (χ4v) is 2.39. The predicted octanol–water partition coefficient (Wildman–Crippen LogP) is 2.15. The van der Waals surface area contributed by atoms with Crippen molar-refractivity contribution in [3.8, 4) is 0 Å². The maximum absolute atomic E-state index is 5.54. The largest absolute Gasteiger partial charge is 0.464 e. The molecule has 2 aromatic rings. The molecule has 0 unspecified atom stereocenters. The second kappa shape index (κ2) is 3.83. The highest BCUT2D eigenvalue weighted by Crippen LogP contribution is 2.31. The Kier molecular flexibility index (Phi) is 2.33. The minimum atomic E-state index is 0.994. The van der Waals surface area contributed by atoms with Crippen molar-refractivity contribution >= 4 is 16.7 Å². The molecule has 1 N–H and O–H groups in total. The number of anilines is 1. The molecular weight excluding hydrogens is 200 g/mol.